The van der Waals surface area contributed by atoms with Crippen molar-refractivity contribution in [3.63, 3.8) is 0 Å². The summed E-state index contributed by atoms with van der Waals surface area (Å²) in [4.78, 5) is 15.9. The Balaban J connectivity index is 1.44. The molecule has 2 atom stereocenters. The summed E-state index contributed by atoms with van der Waals surface area (Å²) >= 11 is 0. The van der Waals surface area contributed by atoms with Crippen LogP contribution in [0.5, 0.6) is 0 Å². The quantitative estimate of drug-likeness (QED) is 0.526. The highest BCUT2D eigenvalue weighted by Gasteiger charge is 2.43. The number of amides is 1. The summed E-state index contributed by atoms with van der Waals surface area (Å²) < 4.78 is 2.00. The Bertz CT molecular complexity index is 1300. The van der Waals surface area contributed by atoms with Gasteiger partial charge in [0, 0.05) is 35.2 Å². The number of aryl methyl sites for hydroxylation is 2. The second-order valence-electron chi connectivity index (χ2n) is 8.85. The molecule has 0 aliphatic carbocycles. The average molecular weight is 412 g/mol. The van der Waals surface area contributed by atoms with Gasteiger partial charge in [0.2, 0.25) is 0 Å². The van der Waals surface area contributed by atoms with Gasteiger partial charge in [-0.3, -0.25) is 14.6 Å². The van der Waals surface area contributed by atoms with Gasteiger partial charge < -0.3 is 4.90 Å². The van der Waals surface area contributed by atoms with Crippen molar-refractivity contribution in [1.82, 2.24) is 24.9 Å². The first-order valence-corrected chi connectivity index (χ1v) is 11.0. The van der Waals surface area contributed by atoms with Gasteiger partial charge in [-0.2, -0.15) is 10.2 Å². The second-order valence-corrected chi connectivity index (χ2v) is 8.85. The molecule has 0 spiro atoms. The van der Waals surface area contributed by atoms with Crippen molar-refractivity contribution in [1.29, 1.82) is 0 Å². The number of fused-ring (bicyclic) bond motifs is 5. The van der Waals surface area contributed by atoms with Gasteiger partial charge in [0.25, 0.3) is 5.91 Å². The smallest absolute Gasteiger partial charge is 0.254 e. The van der Waals surface area contributed by atoms with Crippen molar-refractivity contribution in [3.8, 4) is 11.3 Å². The zero-order valence-corrected chi connectivity index (χ0v) is 17.8. The summed E-state index contributed by atoms with van der Waals surface area (Å²) in [5, 5.41) is 13.1. The maximum atomic E-state index is 13.8. The lowest BCUT2D eigenvalue weighted by Crippen LogP contribution is -2.49. The number of hydrogen-bond acceptors (Lipinski definition) is 3. The molecule has 2 aliphatic rings. The molecule has 4 heterocycles. The molecule has 31 heavy (non-hydrogen) atoms. The minimum absolute atomic E-state index is 0.0408. The third-order valence-electron chi connectivity index (χ3n) is 6.95. The number of carbonyl (C=O) groups excluding carboxylic acids is 1. The molecule has 1 amide bonds. The van der Waals surface area contributed by atoms with Gasteiger partial charge in [0.15, 0.2) is 0 Å². The fraction of sp³-hybridized carbons (Fsp3) is 0.320. The summed E-state index contributed by atoms with van der Waals surface area (Å²) in [6.45, 7) is 2.03. The molecule has 6 nitrogen and oxygen atoms in total. The average Bonchev–Trinajstić information content (AvgIpc) is 3.38. The van der Waals surface area contributed by atoms with Crippen molar-refractivity contribution in [2.24, 2.45) is 7.05 Å². The standard InChI is InChI=1S/C25H25N5O/c1-15-11-17(12-18-14-26-27-22(15)18)25(31)30-19-9-6-10-21(30)23-20(13-19)24(29(2)28-23)16-7-4-3-5-8-16/h3-5,7-8,11-12,14,19,21H,6,9-10,13H2,1-2H3,(H,26,27). The maximum Gasteiger partial charge on any atom is 0.254 e. The van der Waals surface area contributed by atoms with Crippen molar-refractivity contribution < 1.29 is 4.79 Å². The van der Waals surface area contributed by atoms with Gasteiger partial charge in [-0.1, -0.05) is 30.3 Å². The van der Waals surface area contributed by atoms with E-state index in [0.29, 0.717) is 0 Å². The number of nitrogens with one attached hydrogen (secondary N) is 1. The molecular formula is C25H25N5O. The molecule has 1 N–H and O–H groups in total. The second kappa shape index (κ2) is 6.80. The highest BCUT2D eigenvalue weighted by Crippen LogP contribution is 2.45. The third-order valence-corrected chi connectivity index (χ3v) is 6.95. The van der Waals surface area contributed by atoms with Crippen molar-refractivity contribution >= 4 is 16.8 Å². The zero-order valence-electron chi connectivity index (χ0n) is 17.8. The summed E-state index contributed by atoms with van der Waals surface area (Å²) in [5.41, 5.74) is 7.56. The Labute approximate surface area is 180 Å². The zero-order chi connectivity index (χ0) is 21.1. The number of aromatic amines is 1. The number of piperidine rings is 1. The highest BCUT2D eigenvalue weighted by molar-refractivity contribution is 5.99. The minimum Gasteiger partial charge on any atom is -0.327 e. The van der Waals surface area contributed by atoms with Crippen molar-refractivity contribution in [2.45, 2.75) is 44.7 Å². The van der Waals surface area contributed by atoms with Crippen LogP contribution in [0.25, 0.3) is 22.2 Å². The molecule has 4 aromatic rings. The highest BCUT2D eigenvalue weighted by atomic mass is 16.2. The molecule has 2 aromatic heterocycles. The van der Waals surface area contributed by atoms with E-state index in [1.54, 1.807) is 6.20 Å². The van der Waals surface area contributed by atoms with Crippen molar-refractivity contribution in [2.75, 3.05) is 0 Å². The molecule has 6 heteroatoms. The summed E-state index contributed by atoms with van der Waals surface area (Å²) in [6.07, 6.45) is 5.79. The number of rotatable bonds is 2. The predicted octanol–water partition coefficient (Wildman–Crippen LogP) is 4.56. The number of aromatic nitrogens is 4. The van der Waals surface area contributed by atoms with E-state index < -0.39 is 0 Å². The summed E-state index contributed by atoms with van der Waals surface area (Å²) in [7, 11) is 2.02. The Morgan fingerprint density at radius 2 is 2.00 bits per heavy atom. The summed E-state index contributed by atoms with van der Waals surface area (Å²) in [6, 6.07) is 14.7. The number of H-pyrrole nitrogens is 1. The molecule has 2 aliphatic heterocycles. The van der Waals surface area contributed by atoms with Gasteiger partial charge in [-0.25, -0.2) is 0 Å². The van der Waals surface area contributed by atoms with Crippen LogP contribution in [0.2, 0.25) is 0 Å². The largest absolute Gasteiger partial charge is 0.327 e. The first-order valence-electron chi connectivity index (χ1n) is 11.0. The van der Waals surface area contributed by atoms with Crippen LogP contribution in [-0.4, -0.2) is 36.8 Å². The van der Waals surface area contributed by atoms with Crippen LogP contribution < -0.4 is 0 Å². The summed E-state index contributed by atoms with van der Waals surface area (Å²) in [5.74, 6) is 0.110. The monoisotopic (exact) mass is 411 g/mol. The molecule has 2 aromatic carbocycles. The molecule has 0 radical (unpaired) electrons. The van der Waals surface area contributed by atoms with Crippen LogP contribution in [-0.2, 0) is 13.5 Å². The van der Waals surface area contributed by atoms with E-state index in [0.717, 1.165) is 53.4 Å². The maximum absolute atomic E-state index is 13.8. The number of hydrogen-bond donors (Lipinski definition) is 1. The van der Waals surface area contributed by atoms with Gasteiger partial charge in [-0.05, 0) is 50.3 Å². The van der Waals surface area contributed by atoms with E-state index >= 15 is 0 Å². The normalized spacial score (nSPS) is 20.1. The lowest BCUT2D eigenvalue weighted by atomic mass is 9.81. The van der Waals surface area contributed by atoms with Gasteiger partial charge in [-0.15, -0.1) is 0 Å². The molecular weight excluding hydrogens is 386 g/mol. The Hall–Kier alpha value is -3.41. The molecule has 2 bridgehead atoms. The molecule has 2 unspecified atom stereocenters. The first kappa shape index (κ1) is 18.4. The fourth-order valence-electron chi connectivity index (χ4n) is 5.61. The lowest BCUT2D eigenvalue weighted by Gasteiger charge is -2.45. The van der Waals surface area contributed by atoms with Gasteiger partial charge >= 0.3 is 0 Å². The predicted molar refractivity (Wildman–Crippen MR) is 120 cm³/mol. The molecule has 1 fully saturated rings. The van der Waals surface area contributed by atoms with E-state index in [1.807, 2.05) is 36.9 Å². The van der Waals surface area contributed by atoms with Crippen LogP contribution in [0.4, 0.5) is 0 Å². The van der Waals surface area contributed by atoms with Crippen LogP contribution >= 0.6 is 0 Å². The first-order chi connectivity index (χ1) is 15.1. The molecule has 6 rings (SSSR count). The van der Waals surface area contributed by atoms with E-state index in [1.165, 1.54) is 16.8 Å². The van der Waals surface area contributed by atoms with Crippen LogP contribution in [0.3, 0.4) is 0 Å². The Kier molecular flexibility index (Phi) is 4.03. The van der Waals surface area contributed by atoms with E-state index in [9.17, 15) is 4.79 Å². The molecule has 1 saturated heterocycles. The SMILES string of the molecule is Cc1cc(C(=O)N2C3CCCC2c2nn(C)c(-c4ccccc4)c2C3)cc2cn[nH]c12. The van der Waals surface area contributed by atoms with E-state index in [-0.39, 0.29) is 18.0 Å². The van der Waals surface area contributed by atoms with E-state index in [2.05, 4.69) is 39.4 Å². The number of nitrogens with zero attached hydrogens (tertiary/aromatic N) is 4. The number of benzene rings is 2. The fourth-order valence-corrected chi connectivity index (χ4v) is 5.61. The van der Waals surface area contributed by atoms with Gasteiger partial charge in [0.1, 0.15) is 0 Å². The van der Waals surface area contributed by atoms with E-state index in [4.69, 9.17) is 5.10 Å². The Morgan fingerprint density at radius 1 is 1.16 bits per heavy atom. The van der Waals surface area contributed by atoms with Crippen LogP contribution in [0.1, 0.15) is 52.5 Å². The Morgan fingerprint density at radius 3 is 2.84 bits per heavy atom. The van der Waals surface area contributed by atoms with Crippen LogP contribution in [0, 0.1) is 6.92 Å². The van der Waals surface area contributed by atoms with Gasteiger partial charge in [0.05, 0.1) is 29.1 Å². The third kappa shape index (κ3) is 2.74. The topological polar surface area (TPSA) is 66.8 Å². The molecule has 0 saturated carbocycles. The number of carbonyl (C=O) groups is 1. The minimum atomic E-state index is 0.0408. The molecule has 156 valence electrons. The van der Waals surface area contributed by atoms with Crippen molar-refractivity contribution in [3.05, 3.63) is 71.0 Å². The van der Waals surface area contributed by atoms with Crippen LogP contribution in [0.15, 0.2) is 48.7 Å². The lowest BCUT2D eigenvalue weighted by molar-refractivity contribution is 0.0392.